The number of carbonyl (C=O) groups is 2. The fourth-order valence-electron chi connectivity index (χ4n) is 3.15. The summed E-state index contributed by atoms with van der Waals surface area (Å²) >= 11 is 0. The second-order valence-electron chi connectivity index (χ2n) is 7.06. The summed E-state index contributed by atoms with van der Waals surface area (Å²) in [5.74, 6) is -1.18. The molecule has 0 bridgehead atoms. The highest BCUT2D eigenvalue weighted by atomic mass is 32.2. The van der Waals surface area contributed by atoms with E-state index >= 15 is 0 Å². The van der Waals surface area contributed by atoms with Crippen LogP contribution < -0.4 is 0 Å². The lowest BCUT2D eigenvalue weighted by atomic mass is 10.2. The molecular weight excluding hydrogens is 408 g/mol. The molecule has 0 aliphatic carbocycles. The lowest BCUT2D eigenvalue weighted by molar-refractivity contribution is -0.133. The quantitative estimate of drug-likeness (QED) is 0.433. The fraction of sp³-hybridized carbons (Fsp3) is 0.429. The first kappa shape index (κ1) is 23.8. The molecule has 1 aliphatic rings. The lowest BCUT2D eigenvalue weighted by Crippen LogP contribution is -2.48. The molecule has 0 saturated carbocycles. The smallest absolute Gasteiger partial charge is 0.338 e. The molecule has 8 nitrogen and oxygen atoms in total. The summed E-state index contributed by atoms with van der Waals surface area (Å²) in [5, 5.41) is 0. The SMILES string of the molecule is C=CCN(CC=C)C(=O)COC(=O)c1cccc(S(=O)(=O)N2CC(C)OC(C)C2)c1. The van der Waals surface area contributed by atoms with Gasteiger partial charge in [-0.1, -0.05) is 18.2 Å². The molecule has 2 rings (SSSR count). The van der Waals surface area contributed by atoms with Crippen LogP contribution in [0.3, 0.4) is 0 Å². The summed E-state index contributed by atoms with van der Waals surface area (Å²) < 4.78 is 38.0. The maximum absolute atomic E-state index is 13.0. The molecule has 2 atom stereocenters. The van der Waals surface area contributed by atoms with Crippen molar-refractivity contribution in [1.29, 1.82) is 0 Å². The normalized spacial score (nSPS) is 19.7. The van der Waals surface area contributed by atoms with Crippen LogP contribution in [-0.2, 0) is 24.3 Å². The topological polar surface area (TPSA) is 93.2 Å². The Bertz CT molecular complexity index is 879. The molecule has 2 unspecified atom stereocenters. The minimum atomic E-state index is -3.80. The summed E-state index contributed by atoms with van der Waals surface area (Å²) in [4.78, 5) is 26.0. The molecule has 1 saturated heterocycles. The number of hydrogen-bond acceptors (Lipinski definition) is 6. The fourth-order valence-corrected chi connectivity index (χ4v) is 4.79. The number of ether oxygens (including phenoxy) is 2. The molecule has 1 aromatic rings. The van der Waals surface area contributed by atoms with E-state index in [0.29, 0.717) is 13.1 Å². The van der Waals surface area contributed by atoms with Crippen LogP contribution >= 0.6 is 0 Å². The Morgan fingerprint density at radius 2 is 1.80 bits per heavy atom. The van der Waals surface area contributed by atoms with Crippen molar-refractivity contribution in [2.75, 3.05) is 32.8 Å². The van der Waals surface area contributed by atoms with Crippen molar-refractivity contribution < 1.29 is 27.5 Å². The third-order valence-corrected chi connectivity index (χ3v) is 6.30. The number of amides is 1. The van der Waals surface area contributed by atoms with Gasteiger partial charge in [-0.25, -0.2) is 13.2 Å². The van der Waals surface area contributed by atoms with Crippen molar-refractivity contribution in [3.8, 4) is 0 Å². The molecule has 1 fully saturated rings. The molecule has 1 aliphatic heterocycles. The van der Waals surface area contributed by atoms with Crippen LogP contribution in [0.5, 0.6) is 0 Å². The van der Waals surface area contributed by atoms with Crippen molar-refractivity contribution in [3.63, 3.8) is 0 Å². The number of benzene rings is 1. The Hall–Kier alpha value is -2.49. The molecule has 0 aromatic heterocycles. The first-order valence-electron chi connectivity index (χ1n) is 9.61. The van der Waals surface area contributed by atoms with Crippen LogP contribution in [0.25, 0.3) is 0 Å². The van der Waals surface area contributed by atoms with E-state index in [0.717, 1.165) is 0 Å². The van der Waals surface area contributed by atoms with Gasteiger partial charge in [0, 0.05) is 26.2 Å². The van der Waals surface area contributed by atoms with Crippen molar-refractivity contribution in [3.05, 3.63) is 55.1 Å². The van der Waals surface area contributed by atoms with Crippen LogP contribution in [-0.4, -0.2) is 74.5 Å². The molecule has 0 N–H and O–H groups in total. The number of rotatable bonds is 9. The summed E-state index contributed by atoms with van der Waals surface area (Å²) in [5.41, 5.74) is 0.0530. The second-order valence-corrected chi connectivity index (χ2v) is 9.00. The molecule has 1 aromatic carbocycles. The van der Waals surface area contributed by atoms with Crippen LogP contribution in [0.15, 0.2) is 54.5 Å². The van der Waals surface area contributed by atoms with E-state index in [1.54, 1.807) is 12.2 Å². The van der Waals surface area contributed by atoms with Gasteiger partial charge in [0.1, 0.15) is 0 Å². The lowest BCUT2D eigenvalue weighted by Gasteiger charge is -2.34. The van der Waals surface area contributed by atoms with Crippen LogP contribution in [0, 0.1) is 0 Å². The average molecular weight is 437 g/mol. The van der Waals surface area contributed by atoms with Gasteiger partial charge in [0.05, 0.1) is 22.7 Å². The van der Waals surface area contributed by atoms with Crippen LogP contribution in [0.4, 0.5) is 0 Å². The van der Waals surface area contributed by atoms with Gasteiger partial charge < -0.3 is 14.4 Å². The Kier molecular flexibility index (Phi) is 8.33. The Balaban J connectivity index is 2.10. The van der Waals surface area contributed by atoms with Crippen LogP contribution in [0.1, 0.15) is 24.2 Å². The van der Waals surface area contributed by atoms with Crippen molar-refractivity contribution in [1.82, 2.24) is 9.21 Å². The second kappa shape index (κ2) is 10.5. The highest BCUT2D eigenvalue weighted by molar-refractivity contribution is 7.89. The molecular formula is C21H28N2O6S. The first-order chi connectivity index (χ1) is 14.2. The monoisotopic (exact) mass is 436 g/mol. The van der Waals surface area contributed by atoms with Crippen molar-refractivity contribution in [2.45, 2.75) is 31.0 Å². The largest absolute Gasteiger partial charge is 0.452 e. The van der Waals surface area contributed by atoms with Gasteiger partial charge in [0.2, 0.25) is 10.0 Å². The molecule has 0 radical (unpaired) electrons. The van der Waals surface area contributed by atoms with E-state index in [2.05, 4.69) is 13.2 Å². The number of sulfonamides is 1. The van der Waals surface area contributed by atoms with Gasteiger partial charge >= 0.3 is 5.97 Å². The zero-order chi connectivity index (χ0) is 22.3. The Morgan fingerprint density at radius 1 is 1.20 bits per heavy atom. The van der Waals surface area contributed by atoms with Gasteiger partial charge in [-0.05, 0) is 32.0 Å². The van der Waals surface area contributed by atoms with Gasteiger partial charge in [0.25, 0.3) is 5.91 Å². The van der Waals surface area contributed by atoms with E-state index in [1.807, 2.05) is 13.8 Å². The standard InChI is InChI=1S/C21H28N2O6S/c1-5-10-22(11-6-2)20(24)15-28-21(25)18-8-7-9-19(12-18)30(26,27)23-13-16(3)29-17(4)14-23/h5-9,12,16-17H,1-2,10-11,13-15H2,3-4H3. The third-order valence-electron chi connectivity index (χ3n) is 4.47. The predicted molar refractivity (Wildman–Crippen MR) is 112 cm³/mol. The average Bonchev–Trinajstić information content (AvgIpc) is 2.71. The van der Waals surface area contributed by atoms with Gasteiger partial charge in [-0.2, -0.15) is 4.31 Å². The van der Waals surface area contributed by atoms with Gasteiger partial charge in [-0.15, -0.1) is 13.2 Å². The predicted octanol–water partition coefficient (Wildman–Crippen LogP) is 1.84. The molecule has 1 heterocycles. The van der Waals surface area contributed by atoms with E-state index in [4.69, 9.17) is 9.47 Å². The summed E-state index contributed by atoms with van der Waals surface area (Å²) in [6.07, 6.45) is 2.67. The molecule has 164 valence electrons. The van der Waals surface area contributed by atoms with E-state index in [9.17, 15) is 18.0 Å². The minimum absolute atomic E-state index is 0.00971. The van der Waals surface area contributed by atoms with E-state index in [-0.39, 0.29) is 35.8 Å². The number of hydrogen-bond donors (Lipinski definition) is 0. The maximum Gasteiger partial charge on any atom is 0.338 e. The number of nitrogens with zero attached hydrogens (tertiary/aromatic N) is 2. The number of morpholine rings is 1. The molecule has 0 spiro atoms. The number of esters is 1. The molecule has 30 heavy (non-hydrogen) atoms. The third kappa shape index (κ3) is 6.01. The highest BCUT2D eigenvalue weighted by Crippen LogP contribution is 2.22. The first-order valence-corrected chi connectivity index (χ1v) is 11.1. The highest BCUT2D eigenvalue weighted by Gasteiger charge is 2.32. The Labute approximate surface area is 177 Å². The van der Waals surface area contributed by atoms with Crippen molar-refractivity contribution in [2.24, 2.45) is 0 Å². The van der Waals surface area contributed by atoms with E-state index < -0.39 is 28.5 Å². The van der Waals surface area contributed by atoms with Crippen LogP contribution in [0.2, 0.25) is 0 Å². The van der Waals surface area contributed by atoms with Gasteiger partial charge in [-0.3, -0.25) is 4.79 Å². The molecule has 1 amide bonds. The zero-order valence-electron chi connectivity index (χ0n) is 17.3. The zero-order valence-corrected chi connectivity index (χ0v) is 18.1. The minimum Gasteiger partial charge on any atom is -0.452 e. The van der Waals surface area contributed by atoms with E-state index in [1.165, 1.54) is 33.5 Å². The van der Waals surface area contributed by atoms with Crippen molar-refractivity contribution >= 4 is 21.9 Å². The summed E-state index contributed by atoms with van der Waals surface area (Å²) in [6, 6.07) is 5.61. The Morgan fingerprint density at radius 3 is 2.37 bits per heavy atom. The summed E-state index contributed by atoms with van der Waals surface area (Å²) in [6.45, 7) is 11.4. The number of carbonyl (C=O) groups excluding carboxylic acids is 2. The maximum atomic E-state index is 13.0. The molecule has 9 heteroatoms. The van der Waals surface area contributed by atoms with Gasteiger partial charge in [0.15, 0.2) is 6.61 Å². The summed E-state index contributed by atoms with van der Waals surface area (Å²) in [7, 11) is -3.80.